The van der Waals surface area contributed by atoms with Crippen LogP contribution in [0.15, 0.2) is 54.7 Å². The second-order valence-electron chi connectivity index (χ2n) is 7.91. The first kappa shape index (κ1) is 23.5. The molecule has 0 spiro atoms. The Balaban J connectivity index is 1.75. The standard InChI is InChI=1S/C26H33N3O3/c1-5-28(6-2)25(21-11-9-12-22(16-21)32-4)18-27-26(31)17-24-23-13-8-7-10-20(23)14-15-29(24)19(3)30/h7-16,24-25H,5-6,17-18H2,1-4H3,(H,27,31)/t24-,25+/m1/s1. The Bertz CT molecular complexity index is 968. The third-order valence-electron chi connectivity index (χ3n) is 6.07. The average molecular weight is 436 g/mol. The number of methoxy groups -OCH3 is 1. The molecule has 6 nitrogen and oxygen atoms in total. The summed E-state index contributed by atoms with van der Waals surface area (Å²) in [6.07, 6.45) is 3.91. The van der Waals surface area contributed by atoms with Crippen molar-refractivity contribution in [2.75, 3.05) is 26.7 Å². The van der Waals surface area contributed by atoms with Gasteiger partial charge in [-0.2, -0.15) is 0 Å². The van der Waals surface area contributed by atoms with Gasteiger partial charge in [-0.25, -0.2) is 0 Å². The lowest BCUT2D eigenvalue weighted by Crippen LogP contribution is -2.40. The molecule has 32 heavy (non-hydrogen) atoms. The number of benzene rings is 2. The molecule has 2 atom stereocenters. The predicted molar refractivity (Wildman–Crippen MR) is 127 cm³/mol. The molecular weight excluding hydrogens is 402 g/mol. The van der Waals surface area contributed by atoms with Gasteiger partial charge in [-0.3, -0.25) is 14.5 Å². The van der Waals surface area contributed by atoms with E-state index in [9.17, 15) is 9.59 Å². The summed E-state index contributed by atoms with van der Waals surface area (Å²) in [4.78, 5) is 29.2. The highest BCUT2D eigenvalue weighted by Gasteiger charge is 2.28. The van der Waals surface area contributed by atoms with Crippen LogP contribution in [0.1, 0.15) is 56.0 Å². The first-order valence-corrected chi connectivity index (χ1v) is 11.2. The molecule has 0 fully saturated rings. The summed E-state index contributed by atoms with van der Waals surface area (Å²) in [5.74, 6) is 0.644. The van der Waals surface area contributed by atoms with Gasteiger partial charge in [-0.15, -0.1) is 0 Å². The molecule has 3 rings (SSSR count). The van der Waals surface area contributed by atoms with Crippen LogP contribution in [0.3, 0.4) is 0 Å². The largest absolute Gasteiger partial charge is 0.497 e. The molecule has 2 aromatic rings. The second kappa shape index (κ2) is 11.0. The molecule has 0 saturated carbocycles. The van der Waals surface area contributed by atoms with Crippen molar-refractivity contribution in [3.63, 3.8) is 0 Å². The van der Waals surface area contributed by atoms with Crippen LogP contribution >= 0.6 is 0 Å². The van der Waals surface area contributed by atoms with Crippen LogP contribution in [-0.2, 0) is 9.59 Å². The van der Waals surface area contributed by atoms with Crippen LogP contribution in [0.2, 0.25) is 0 Å². The first-order chi connectivity index (χ1) is 15.5. The molecular formula is C26H33N3O3. The van der Waals surface area contributed by atoms with Gasteiger partial charge in [0, 0.05) is 19.7 Å². The van der Waals surface area contributed by atoms with E-state index in [1.165, 1.54) is 6.92 Å². The van der Waals surface area contributed by atoms with E-state index < -0.39 is 0 Å². The van der Waals surface area contributed by atoms with Crippen LogP contribution < -0.4 is 10.1 Å². The molecule has 1 N–H and O–H groups in total. The number of carbonyl (C=O) groups excluding carboxylic acids is 2. The molecule has 6 heteroatoms. The number of hydrogen-bond acceptors (Lipinski definition) is 4. The highest BCUT2D eigenvalue weighted by Crippen LogP contribution is 2.33. The Morgan fingerprint density at radius 1 is 1.12 bits per heavy atom. The lowest BCUT2D eigenvalue weighted by Gasteiger charge is -2.33. The highest BCUT2D eigenvalue weighted by atomic mass is 16.5. The zero-order valence-electron chi connectivity index (χ0n) is 19.4. The van der Waals surface area contributed by atoms with E-state index in [1.807, 2.05) is 48.5 Å². The molecule has 1 aliphatic rings. The summed E-state index contributed by atoms with van der Waals surface area (Å²) in [5, 5.41) is 3.12. The van der Waals surface area contributed by atoms with E-state index in [0.29, 0.717) is 6.54 Å². The summed E-state index contributed by atoms with van der Waals surface area (Å²) in [5.41, 5.74) is 3.14. The molecule has 0 unspecified atom stereocenters. The van der Waals surface area contributed by atoms with Crippen LogP contribution in [0.4, 0.5) is 0 Å². The Labute approximate surface area is 190 Å². The fourth-order valence-corrected chi connectivity index (χ4v) is 4.34. The van der Waals surface area contributed by atoms with Gasteiger partial charge < -0.3 is 15.0 Å². The normalized spacial score (nSPS) is 15.9. The third-order valence-corrected chi connectivity index (χ3v) is 6.07. The SMILES string of the molecule is CCN(CC)[C@@H](CNC(=O)C[C@@H]1c2ccccc2C=CN1C(C)=O)c1cccc(OC)c1. The zero-order valence-corrected chi connectivity index (χ0v) is 19.4. The number of amides is 2. The van der Waals surface area contributed by atoms with Crippen molar-refractivity contribution >= 4 is 17.9 Å². The third kappa shape index (κ3) is 5.37. The van der Waals surface area contributed by atoms with Crippen LogP contribution in [0.25, 0.3) is 6.08 Å². The monoisotopic (exact) mass is 435 g/mol. The number of hydrogen-bond donors (Lipinski definition) is 1. The topological polar surface area (TPSA) is 61.9 Å². The van der Waals surface area contributed by atoms with Crippen molar-refractivity contribution < 1.29 is 14.3 Å². The smallest absolute Gasteiger partial charge is 0.223 e. The Hall–Kier alpha value is -3.12. The van der Waals surface area contributed by atoms with E-state index in [1.54, 1.807) is 18.2 Å². The number of nitrogens with zero attached hydrogens (tertiary/aromatic N) is 2. The molecule has 0 aromatic heterocycles. The molecule has 2 amide bonds. The van der Waals surface area contributed by atoms with Crippen molar-refractivity contribution in [3.05, 3.63) is 71.4 Å². The molecule has 170 valence electrons. The number of likely N-dealkylation sites (N-methyl/N-ethyl adjacent to an activating group) is 1. The summed E-state index contributed by atoms with van der Waals surface area (Å²) in [6, 6.07) is 15.6. The lowest BCUT2D eigenvalue weighted by atomic mass is 9.93. The van der Waals surface area contributed by atoms with E-state index >= 15 is 0 Å². The summed E-state index contributed by atoms with van der Waals surface area (Å²) >= 11 is 0. The quantitative estimate of drug-likeness (QED) is 0.643. The van der Waals surface area contributed by atoms with Crippen LogP contribution in [0.5, 0.6) is 5.75 Å². The molecule has 1 heterocycles. The zero-order chi connectivity index (χ0) is 23.1. The van der Waals surface area contributed by atoms with Gasteiger partial charge in [0.1, 0.15) is 5.75 Å². The highest BCUT2D eigenvalue weighted by molar-refractivity contribution is 5.81. The molecule has 0 bridgehead atoms. The Morgan fingerprint density at radius 3 is 2.56 bits per heavy atom. The number of nitrogens with one attached hydrogen (secondary N) is 1. The maximum Gasteiger partial charge on any atom is 0.223 e. The average Bonchev–Trinajstić information content (AvgIpc) is 2.81. The summed E-state index contributed by atoms with van der Waals surface area (Å²) in [6.45, 7) is 7.99. The minimum atomic E-state index is -0.308. The van der Waals surface area contributed by atoms with Gasteiger partial charge >= 0.3 is 0 Å². The Kier molecular flexibility index (Phi) is 8.06. The van der Waals surface area contributed by atoms with E-state index in [2.05, 4.69) is 30.1 Å². The van der Waals surface area contributed by atoms with Gasteiger partial charge in [0.15, 0.2) is 0 Å². The fraction of sp³-hybridized carbons (Fsp3) is 0.385. The van der Waals surface area contributed by atoms with Crippen molar-refractivity contribution in [1.29, 1.82) is 0 Å². The summed E-state index contributed by atoms with van der Waals surface area (Å²) < 4.78 is 5.40. The first-order valence-electron chi connectivity index (χ1n) is 11.2. The minimum Gasteiger partial charge on any atom is -0.497 e. The number of fused-ring (bicyclic) bond motifs is 1. The number of carbonyl (C=O) groups is 2. The Morgan fingerprint density at radius 2 is 1.88 bits per heavy atom. The number of ether oxygens (including phenoxy) is 1. The summed E-state index contributed by atoms with van der Waals surface area (Å²) in [7, 11) is 1.66. The minimum absolute atomic E-state index is 0.0338. The van der Waals surface area contributed by atoms with Crippen molar-refractivity contribution in [3.8, 4) is 5.75 Å². The van der Waals surface area contributed by atoms with Crippen molar-refractivity contribution in [1.82, 2.24) is 15.1 Å². The predicted octanol–water partition coefficient (Wildman–Crippen LogP) is 4.16. The number of rotatable bonds is 9. The lowest BCUT2D eigenvalue weighted by molar-refractivity contribution is -0.130. The van der Waals surface area contributed by atoms with Gasteiger partial charge in [0.05, 0.1) is 25.6 Å². The van der Waals surface area contributed by atoms with Gasteiger partial charge in [0.25, 0.3) is 0 Å². The van der Waals surface area contributed by atoms with Crippen LogP contribution in [0, 0.1) is 0 Å². The van der Waals surface area contributed by atoms with E-state index in [0.717, 1.165) is 35.5 Å². The van der Waals surface area contributed by atoms with Crippen molar-refractivity contribution in [2.24, 2.45) is 0 Å². The van der Waals surface area contributed by atoms with Crippen LogP contribution in [-0.4, -0.2) is 48.4 Å². The molecule has 0 aliphatic carbocycles. The molecule has 2 aromatic carbocycles. The molecule has 1 aliphatic heterocycles. The van der Waals surface area contributed by atoms with Gasteiger partial charge in [0.2, 0.25) is 11.8 Å². The molecule has 0 saturated heterocycles. The second-order valence-corrected chi connectivity index (χ2v) is 7.91. The van der Waals surface area contributed by atoms with Gasteiger partial charge in [-0.1, -0.05) is 50.2 Å². The van der Waals surface area contributed by atoms with E-state index in [4.69, 9.17) is 4.74 Å². The maximum atomic E-state index is 13.0. The van der Waals surface area contributed by atoms with Gasteiger partial charge in [-0.05, 0) is 48.0 Å². The maximum absolute atomic E-state index is 13.0. The van der Waals surface area contributed by atoms with E-state index in [-0.39, 0.29) is 30.3 Å². The fourth-order valence-electron chi connectivity index (χ4n) is 4.34. The molecule has 0 radical (unpaired) electrons. The van der Waals surface area contributed by atoms with Crippen molar-refractivity contribution in [2.45, 2.75) is 39.3 Å².